The Balaban J connectivity index is 0.00000169. The zero-order valence-corrected chi connectivity index (χ0v) is 7.40. The van der Waals surface area contributed by atoms with Gasteiger partial charge in [0.25, 0.3) is 0 Å². The molecule has 0 saturated carbocycles. The Morgan fingerprint density at radius 3 is 2.92 bits per heavy atom. The molecule has 0 amide bonds. The van der Waals surface area contributed by atoms with E-state index in [1.165, 1.54) is 7.11 Å². The van der Waals surface area contributed by atoms with Gasteiger partial charge in [-0.25, -0.2) is 0 Å². The van der Waals surface area contributed by atoms with E-state index in [2.05, 4.69) is 0 Å². The number of ether oxygens (including phenoxy) is 1. The molecule has 0 atom stereocenters. The van der Waals surface area contributed by atoms with Gasteiger partial charge in [0.2, 0.25) is 0 Å². The number of phenolic OH excluding ortho intramolecular Hbond substituents is 1. The SMILES string of the molecule is COc1cc(/C=C/CO)ccc1O.[H+]. The van der Waals surface area contributed by atoms with Crippen molar-refractivity contribution in [3.63, 3.8) is 0 Å². The van der Waals surface area contributed by atoms with Crippen molar-refractivity contribution in [2.75, 3.05) is 13.7 Å². The number of hydrogen-bond donors (Lipinski definition) is 2. The molecule has 0 bridgehead atoms. The van der Waals surface area contributed by atoms with E-state index < -0.39 is 0 Å². The van der Waals surface area contributed by atoms with Gasteiger partial charge < -0.3 is 14.9 Å². The fraction of sp³-hybridized carbons (Fsp3) is 0.200. The maximum Gasteiger partial charge on any atom is 1.00 e. The minimum atomic E-state index is 0. The summed E-state index contributed by atoms with van der Waals surface area (Å²) in [5.74, 6) is 0.545. The van der Waals surface area contributed by atoms with Gasteiger partial charge in [-0.05, 0) is 17.7 Å². The Morgan fingerprint density at radius 2 is 2.31 bits per heavy atom. The molecule has 1 aromatic rings. The zero-order valence-electron chi connectivity index (χ0n) is 8.40. The smallest absolute Gasteiger partial charge is 0.504 e. The van der Waals surface area contributed by atoms with Crippen molar-refractivity contribution in [1.29, 1.82) is 0 Å². The number of aliphatic hydroxyl groups is 1. The first-order valence-electron chi connectivity index (χ1n) is 3.92. The molecular formula is C10H13O3+. The van der Waals surface area contributed by atoms with Crippen LogP contribution in [0.2, 0.25) is 0 Å². The van der Waals surface area contributed by atoms with Crippen molar-refractivity contribution < 1.29 is 16.4 Å². The summed E-state index contributed by atoms with van der Waals surface area (Å²) in [6.07, 6.45) is 3.37. The van der Waals surface area contributed by atoms with Crippen molar-refractivity contribution >= 4 is 6.08 Å². The lowest BCUT2D eigenvalue weighted by Gasteiger charge is -2.03. The van der Waals surface area contributed by atoms with E-state index in [0.717, 1.165) is 5.56 Å². The van der Waals surface area contributed by atoms with Crippen LogP contribution in [0.15, 0.2) is 24.3 Å². The van der Waals surface area contributed by atoms with E-state index in [4.69, 9.17) is 9.84 Å². The molecular weight excluding hydrogens is 168 g/mol. The van der Waals surface area contributed by atoms with Crippen LogP contribution in [-0.4, -0.2) is 23.9 Å². The predicted molar refractivity (Wildman–Crippen MR) is 51.9 cm³/mol. The third-order valence-corrected chi connectivity index (χ3v) is 1.62. The van der Waals surface area contributed by atoms with Crippen molar-refractivity contribution in [3.05, 3.63) is 29.8 Å². The average molecular weight is 181 g/mol. The summed E-state index contributed by atoms with van der Waals surface area (Å²) in [5, 5.41) is 17.8. The quantitative estimate of drug-likeness (QED) is 0.743. The second kappa shape index (κ2) is 4.52. The van der Waals surface area contributed by atoms with E-state index in [1.807, 2.05) is 0 Å². The van der Waals surface area contributed by atoms with E-state index in [0.29, 0.717) is 5.75 Å². The molecule has 2 N–H and O–H groups in total. The van der Waals surface area contributed by atoms with Crippen molar-refractivity contribution in [1.82, 2.24) is 0 Å². The highest BCUT2D eigenvalue weighted by molar-refractivity contribution is 5.55. The summed E-state index contributed by atoms with van der Waals surface area (Å²) in [6, 6.07) is 4.99. The van der Waals surface area contributed by atoms with Gasteiger partial charge in [0.1, 0.15) is 0 Å². The molecule has 0 fully saturated rings. The maximum absolute atomic E-state index is 9.26. The number of rotatable bonds is 3. The number of aliphatic hydroxyl groups excluding tert-OH is 1. The Bertz CT molecular complexity index is 310. The van der Waals surface area contributed by atoms with Gasteiger partial charge >= 0.3 is 1.43 Å². The van der Waals surface area contributed by atoms with E-state index in [-0.39, 0.29) is 13.8 Å². The van der Waals surface area contributed by atoms with Gasteiger partial charge in [-0.15, -0.1) is 0 Å². The molecule has 0 spiro atoms. The largest absolute Gasteiger partial charge is 1.00 e. The van der Waals surface area contributed by atoms with Gasteiger partial charge in [0, 0.05) is 0 Å². The molecule has 70 valence electrons. The first-order chi connectivity index (χ1) is 6.27. The van der Waals surface area contributed by atoms with Crippen molar-refractivity contribution in [3.8, 4) is 11.5 Å². The first kappa shape index (κ1) is 9.61. The summed E-state index contributed by atoms with van der Waals surface area (Å²) < 4.78 is 4.92. The Labute approximate surface area is 78.4 Å². The molecule has 1 aromatic carbocycles. The van der Waals surface area contributed by atoms with Gasteiger partial charge in [-0.2, -0.15) is 0 Å². The molecule has 1 rings (SSSR count). The second-order valence-electron chi connectivity index (χ2n) is 2.52. The van der Waals surface area contributed by atoms with E-state index in [9.17, 15) is 5.11 Å². The van der Waals surface area contributed by atoms with Gasteiger partial charge in [0.15, 0.2) is 11.5 Å². The van der Waals surface area contributed by atoms with E-state index >= 15 is 0 Å². The fourth-order valence-electron chi connectivity index (χ4n) is 0.987. The van der Waals surface area contributed by atoms with Crippen LogP contribution in [0.25, 0.3) is 6.08 Å². The molecule has 0 unspecified atom stereocenters. The van der Waals surface area contributed by atoms with Crippen molar-refractivity contribution in [2.45, 2.75) is 0 Å². The Hall–Kier alpha value is -1.48. The highest BCUT2D eigenvalue weighted by Gasteiger charge is 1.99. The lowest BCUT2D eigenvalue weighted by Crippen LogP contribution is -1.84. The van der Waals surface area contributed by atoms with Crippen LogP contribution in [0.3, 0.4) is 0 Å². The molecule has 3 heteroatoms. The lowest BCUT2D eigenvalue weighted by atomic mass is 10.2. The second-order valence-corrected chi connectivity index (χ2v) is 2.52. The van der Waals surface area contributed by atoms with Crippen LogP contribution < -0.4 is 4.74 Å². The minimum Gasteiger partial charge on any atom is -0.504 e. The lowest BCUT2D eigenvalue weighted by molar-refractivity contribution is 0.343. The third kappa shape index (κ3) is 2.49. The molecule has 0 aliphatic carbocycles. The Morgan fingerprint density at radius 1 is 1.54 bits per heavy atom. The fourth-order valence-corrected chi connectivity index (χ4v) is 0.987. The molecule has 0 aromatic heterocycles. The predicted octanol–water partition coefficient (Wildman–Crippen LogP) is 1.52. The molecule has 0 saturated heterocycles. The van der Waals surface area contributed by atoms with Gasteiger partial charge in [-0.3, -0.25) is 0 Å². The molecule has 0 aliphatic heterocycles. The summed E-state index contributed by atoms with van der Waals surface area (Å²) in [5.41, 5.74) is 0.878. The number of aromatic hydroxyl groups is 1. The van der Waals surface area contributed by atoms with E-state index in [1.54, 1.807) is 30.4 Å². The minimum absolute atomic E-state index is 0. The molecule has 0 radical (unpaired) electrons. The number of benzene rings is 1. The summed E-state index contributed by atoms with van der Waals surface area (Å²) in [6.45, 7) is 0.00317. The van der Waals surface area contributed by atoms with Crippen LogP contribution in [0.1, 0.15) is 6.99 Å². The summed E-state index contributed by atoms with van der Waals surface area (Å²) in [7, 11) is 1.49. The number of methoxy groups -OCH3 is 1. The van der Waals surface area contributed by atoms with Crippen LogP contribution in [0.5, 0.6) is 11.5 Å². The maximum atomic E-state index is 9.26. The zero-order chi connectivity index (χ0) is 9.68. The average Bonchev–Trinajstić information content (AvgIpc) is 2.16. The molecule has 0 aliphatic rings. The standard InChI is InChI=1S/C10H12O3/c1-13-10-7-8(3-2-6-11)4-5-9(10)12/h2-5,7,11-12H,6H2,1H3/p+1/b3-2+. The molecule has 0 heterocycles. The van der Waals surface area contributed by atoms with Crippen LogP contribution >= 0.6 is 0 Å². The van der Waals surface area contributed by atoms with Gasteiger partial charge in [0.05, 0.1) is 13.7 Å². The molecule has 3 nitrogen and oxygen atoms in total. The van der Waals surface area contributed by atoms with Crippen LogP contribution in [0, 0.1) is 0 Å². The number of hydrogen-bond acceptors (Lipinski definition) is 3. The Kier molecular flexibility index (Phi) is 3.34. The van der Waals surface area contributed by atoms with Crippen LogP contribution in [0.4, 0.5) is 0 Å². The van der Waals surface area contributed by atoms with Gasteiger partial charge in [-0.1, -0.05) is 18.2 Å². The first-order valence-corrected chi connectivity index (χ1v) is 3.92. The highest BCUT2D eigenvalue weighted by atomic mass is 16.5. The summed E-state index contributed by atoms with van der Waals surface area (Å²) in [4.78, 5) is 0. The third-order valence-electron chi connectivity index (χ3n) is 1.62. The van der Waals surface area contributed by atoms with Crippen molar-refractivity contribution in [2.24, 2.45) is 0 Å². The van der Waals surface area contributed by atoms with Crippen LogP contribution in [-0.2, 0) is 0 Å². The summed E-state index contributed by atoms with van der Waals surface area (Å²) >= 11 is 0. The monoisotopic (exact) mass is 181 g/mol. The highest BCUT2D eigenvalue weighted by Crippen LogP contribution is 2.26. The topological polar surface area (TPSA) is 49.7 Å². The molecule has 13 heavy (non-hydrogen) atoms. The normalized spacial score (nSPS) is 10.6. The number of phenols is 1.